The Labute approximate surface area is 74.7 Å². The van der Waals surface area contributed by atoms with Gasteiger partial charge in [0.2, 0.25) is 0 Å². The lowest BCUT2D eigenvalue weighted by atomic mass is 10.3. The van der Waals surface area contributed by atoms with Gasteiger partial charge in [0.1, 0.15) is 6.61 Å². The highest BCUT2D eigenvalue weighted by Gasteiger charge is 1.96. The summed E-state index contributed by atoms with van der Waals surface area (Å²) >= 11 is 0. The molecule has 1 amide bonds. The summed E-state index contributed by atoms with van der Waals surface area (Å²) in [4.78, 5) is 10.5. The first-order chi connectivity index (χ1) is 6.24. The highest BCUT2D eigenvalue weighted by atomic mass is 16.3. The Bertz CT molecular complexity index is 318. The second-order valence-corrected chi connectivity index (χ2v) is 2.40. The van der Waals surface area contributed by atoms with Crippen LogP contribution in [0.2, 0.25) is 0 Å². The molecule has 0 aliphatic heterocycles. The zero-order valence-corrected chi connectivity index (χ0v) is 7.11. The second-order valence-electron chi connectivity index (χ2n) is 2.40. The Balaban J connectivity index is 2.50. The highest BCUT2D eigenvalue weighted by molar-refractivity contribution is 5.83. The molecule has 0 spiro atoms. The van der Waals surface area contributed by atoms with Crippen molar-refractivity contribution in [3.8, 4) is 0 Å². The first kappa shape index (κ1) is 9.40. The largest absolute Gasteiger partial charge is 0.386 e. The van der Waals surface area contributed by atoms with Crippen molar-refractivity contribution < 1.29 is 9.90 Å². The van der Waals surface area contributed by atoms with Gasteiger partial charge in [-0.05, 0) is 6.92 Å². The quantitative estimate of drug-likeness (QED) is 0.420. The molecule has 0 aliphatic rings. The number of hydrogen-bond acceptors (Lipinski definition) is 4. The highest BCUT2D eigenvalue weighted by Crippen LogP contribution is 1.96. The smallest absolute Gasteiger partial charge is 0.265 e. The van der Waals surface area contributed by atoms with E-state index in [1.807, 2.05) is 6.92 Å². The number of rotatable bonds is 3. The molecule has 70 valence electrons. The number of nitrogens with zero attached hydrogens (tertiary/aromatic N) is 2. The SMILES string of the molecule is Cc1[nH]ncc1/C=N/NC(=O)CO. The van der Waals surface area contributed by atoms with Crippen molar-refractivity contribution in [2.24, 2.45) is 5.10 Å². The molecule has 0 aromatic carbocycles. The van der Waals surface area contributed by atoms with Crippen LogP contribution in [0, 0.1) is 6.92 Å². The van der Waals surface area contributed by atoms with Crippen LogP contribution in [0.25, 0.3) is 0 Å². The fraction of sp³-hybridized carbons (Fsp3) is 0.286. The van der Waals surface area contributed by atoms with Crippen LogP contribution >= 0.6 is 0 Å². The number of carbonyl (C=O) groups is 1. The molecule has 6 heteroatoms. The minimum absolute atomic E-state index is 0.544. The molecule has 0 bridgehead atoms. The predicted molar refractivity (Wildman–Crippen MR) is 46.1 cm³/mol. The van der Waals surface area contributed by atoms with Crippen molar-refractivity contribution in [2.45, 2.75) is 6.92 Å². The summed E-state index contributed by atoms with van der Waals surface area (Å²) < 4.78 is 0. The number of amides is 1. The van der Waals surface area contributed by atoms with E-state index in [0.717, 1.165) is 11.3 Å². The Hall–Kier alpha value is -1.69. The minimum atomic E-state index is -0.568. The van der Waals surface area contributed by atoms with Gasteiger partial charge in [0, 0.05) is 11.3 Å². The van der Waals surface area contributed by atoms with Crippen LogP contribution in [0.1, 0.15) is 11.3 Å². The molecule has 3 N–H and O–H groups in total. The van der Waals surface area contributed by atoms with E-state index >= 15 is 0 Å². The van der Waals surface area contributed by atoms with Gasteiger partial charge in [0.15, 0.2) is 0 Å². The van der Waals surface area contributed by atoms with E-state index in [9.17, 15) is 4.79 Å². The predicted octanol–water partition coefficient (Wildman–Crippen LogP) is -0.839. The van der Waals surface area contributed by atoms with E-state index in [2.05, 4.69) is 20.7 Å². The Morgan fingerprint density at radius 2 is 2.69 bits per heavy atom. The summed E-state index contributed by atoms with van der Waals surface area (Å²) in [5, 5.41) is 18.4. The van der Waals surface area contributed by atoms with Crippen LogP contribution in [0.3, 0.4) is 0 Å². The first-order valence-electron chi connectivity index (χ1n) is 3.66. The van der Waals surface area contributed by atoms with E-state index in [4.69, 9.17) is 5.11 Å². The first-order valence-corrected chi connectivity index (χ1v) is 3.66. The van der Waals surface area contributed by atoms with E-state index in [1.54, 1.807) is 6.20 Å². The third-order valence-corrected chi connectivity index (χ3v) is 1.41. The molecule has 0 radical (unpaired) electrons. The Kier molecular flexibility index (Phi) is 3.15. The third kappa shape index (κ3) is 2.68. The topological polar surface area (TPSA) is 90.4 Å². The molecule has 1 heterocycles. The van der Waals surface area contributed by atoms with Crippen molar-refractivity contribution in [3.63, 3.8) is 0 Å². The van der Waals surface area contributed by atoms with Crippen LogP contribution in [-0.2, 0) is 4.79 Å². The molecular formula is C7H10N4O2. The van der Waals surface area contributed by atoms with Crippen molar-refractivity contribution >= 4 is 12.1 Å². The number of nitrogens with one attached hydrogen (secondary N) is 2. The summed E-state index contributed by atoms with van der Waals surface area (Å²) in [5.41, 5.74) is 3.79. The standard InChI is InChI=1S/C7H10N4O2/c1-5-6(2-8-10-5)3-9-11-7(13)4-12/h2-3,12H,4H2,1H3,(H,8,10)(H,11,13)/b9-3+. The van der Waals surface area contributed by atoms with E-state index in [1.165, 1.54) is 6.21 Å². The summed E-state index contributed by atoms with van der Waals surface area (Å²) in [5.74, 6) is -0.544. The van der Waals surface area contributed by atoms with Crippen molar-refractivity contribution in [3.05, 3.63) is 17.5 Å². The van der Waals surface area contributed by atoms with Crippen molar-refractivity contribution in [2.75, 3.05) is 6.61 Å². The Morgan fingerprint density at radius 1 is 1.92 bits per heavy atom. The lowest BCUT2D eigenvalue weighted by Gasteiger charge is -1.92. The van der Waals surface area contributed by atoms with Crippen LogP contribution < -0.4 is 5.43 Å². The lowest BCUT2D eigenvalue weighted by molar-refractivity contribution is -0.123. The van der Waals surface area contributed by atoms with Gasteiger partial charge in [-0.3, -0.25) is 9.89 Å². The molecule has 0 saturated carbocycles. The molecule has 0 fully saturated rings. The summed E-state index contributed by atoms with van der Waals surface area (Å²) in [6.07, 6.45) is 3.04. The van der Waals surface area contributed by atoms with Crippen LogP contribution in [0.15, 0.2) is 11.3 Å². The maximum Gasteiger partial charge on any atom is 0.265 e. The third-order valence-electron chi connectivity index (χ3n) is 1.41. The van der Waals surface area contributed by atoms with Gasteiger partial charge in [-0.25, -0.2) is 5.43 Å². The average molecular weight is 182 g/mol. The molecule has 1 aromatic rings. The molecule has 0 aliphatic carbocycles. The summed E-state index contributed by atoms with van der Waals surface area (Å²) in [6.45, 7) is 1.27. The van der Waals surface area contributed by atoms with Crippen LogP contribution in [0.4, 0.5) is 0 Å². The number of carbonyl (C=O) groups excluding carboxylic acids is 1. The number of aliphatic hydroxyl groups excluding tert-OH is 1. The molecule has 0 atom stereocenters. The van der Waals surface area contributed by atoms with E-state index < -0.39 is 12.5 Å². The van der Waals surface area contributed by atoms with E-state index in [0.29, 0.717) is 0 Å². The molecular weight excluding hydrogens is 172 g/mol. The molecule has 13 heavy (non-hydrogen) atoms. The second kappa shape index (κ2) is 4.36. The van der Waals surface area contributed by atoms with Gasteiger partial charge in [-0.15, -0.1) is 0 Å². The molecule has 0 saturated heterocycles. The normalized spacial score (nSPS) is 10.6. The van der Waals surface area contributed by atoms with Gasteiger partial charge in [-0.1, -0.05) is 0 Å². The zero-order valence-electron chi connectivity index (χ0n) is 7.11. The molecule has 1 aromatic heterocycles. The Morgan fingerprint density at radius 3 is 3.23 bits per heavy atom. The number of H-pyrrole nitrogens is 1. The number of aromatic amines is 1. The van der Waals surface area contributed by atoms with Gasteiger partial charge >= 0.3 is 0 Å². The lowest BCUT2D eigenvalue weighted by Crippen LogP contribution is -2.20. The maximum absolute atomic E-state index is 10.5. The average Bonchev–Trinajstić information content (AvgIpc) is 2.52. The number of hydrogen-bond donors (Lipinski definition) is 3. The van der Waals surface area contributed by atoms with Gasteiger partial charge in [0.25, 0.3) is 5.91 Å². The number of hydrazone groups is 1. The number of aliphatic hydroxyl groups is 1. The van der Waals surface area contributed by atoms with Crippen LogP contribution in [-0.4, -0.2) is 34.0 Å². The molecule has 0 unspecified atom stereocenters. The zero-order chi connectivity index (χ0) is 9.68. The monoisotopic (exact) mass is 182 g/mol. The fourth-order valence-electron chi connectivity index (χ4n) is 0.699. The summed E-state index contributed by atoms with van der Waals surface area (Å²) in [6, 6.07) is 0. The minimum Gasteiger partial charge on any atom is -0.386 e. The van der Waals surface area contributed by atoms with Gasteiger partial charge in [0.05, 0.1) is 12.4 Å². The van der Waals surface area contributed by atoms with Gasteiger partial charge in [-0.2, -0.15) is 10.2 Å². The van der Waals surface area contributed by atoms with Crippen molar-refractivity contribution in [1.82, 2.24) is 15.6 Å². The van der Waals surface area contributed by atoms with Crippen LogP contribution in [0.5, 0.6) is 0 Å². The van der Waals surface area contributed by atoms with Gasteiger partial charge < -0.3 is 5.11 Å². The van der Waals surface area contributed by atoms with E-state index in [-0.39, 0.29) is 0 Å². The molecule has 6 nitrogen and oxygen atoms in total. The number of aromatic nitrogens is 2. The van der Waals surface area contributed by atoms with Crippen molar-refractivity contribution in [1.29, 1.82) is 0 Å². The molecule has 1 rings (SSSR count). The number of aryl methyl sites for hydroxylation is 1. The summed E-state index contributed by atoms with van der Waals surface area (Å²) in [7, 11) is 0. The maximum atomic E-state index is 10.5. The fourth-order valence-corrected chi connectivity index (χ4v) is 0.699.